The maximum atomic E-state index is 12.3. The first-order valence-corrected chi connectivity index (χ1v) is 7.87. The van der Waals surface area contributed by atoms with Gasteiger partial charge in [-0.2, -0.15) is 0 Å². The van der Waals surface area contributed by atoms with Gasteiger partial charge in [0.2, 0.25) is 0 Å². The molecule has 3 aromatic rings. The van der Waals surface area contributed by atoms with Gasteiger partial charge in [-0.25, -0.2) is 0 Å². The maximum absolute atomic E-state index is 12.3. The average Bonchev–Trinajstić information content (AvgIpc) is 3.07. The van der Waals surface area contributed by atoms with Gasteiger partial charge in [-0.3, -0.25) is 4.79 Å². The predicted octanol–water partition coefficient (Wildman–Crippen LogP) is 5.69. The Morgan fingerprint density at radius 2 is 1.48 bits per heavy atom. The van der Waals surface area contributed by atoms with Gasteiger partial charge >= 0.3 is 0 Å². The van der Waals surface area contributed by atoms with Gasteiger partial charge in [-0.05, 0) is 48.5 Å². The van der Waals surface area contributed by atoms with Gasteiger partial charge in [0.05, 0.1) is 20.8 Å². The number of carbonyl (C=O) groups excluding carboxylic acids is 1. The summed E-state index contributed by atoms with van der Waals surface area (Å²) in [6.45, 7) is 0. The van der Waals surface area contributed by atoms with Crippen LogP contribution in [-0.2, 0) is 0 Å². The molecule has 0 aliphatic carbocycles. The Morgan fingerprint density at radius 1 is 0.870 bits per heavy atom. The quantitative estimate of drug-likeness (QED) is 0.594. The molecule has 1 amide bonds. The molecule has 3 rings (SSSR count). The minimum Gasteiger partial charge on any atom is -0.324 e. The number of aromatic nitrogens is 1. The summed E-state index contributed by atoms with van der Waals surface area (Å²) in [4.78, 5) is 12.3. The second-order valence-electron chi connectivity index (χ2n) is 4.84. The minimum atomic E-state index is -0.274. The summed E-state index contributed by atoms with van der Waals surface area (Å²) in [6.07, 6.45) is 3.87. The first-order valence-electron chi connectivity index (χ1n) is 6.74. The van der Waals surface area contributed by atoms with Crippen LogP contribution in [0.3, 0.4) is 0 Å². The normalized spacial score (nSPS) is 10.6. The molecule has 1 N–H and O–H groups in total. The highest BCUT2D eigenvalue weighted by atomic mass is 35.5. The Hall–Kier alpha value is -1.94. The molecule has 0 radical (unpaired) electrons. The number of nitrogens with one attached hydrogen (secondary N) is 1. The van der Waals surface area contributed by atoms with E-state index in [9.17, 15) is 4.79 Å². The second-order valence-corrected chi connectivity index (χ2v) is 6.06. The van der Waals surface area contributed by atoms with Crippen molar-refractivity contribution in [2.24, 2.45) is 0 Å². The fourth-order valence-corrected chi connectivity index (χ4v) is 2.70. The van der Waals surface area contributed by atoms with E-state index in [1.807, 2.05) is 41.2 Å². The third-order valence-corrected chi connectivity index (χ3v) is 4.33. The molecule has 6 heteroatoms. The van der Waals surface area contributed by atoms with Crippen molar-refractivity contribution >= 4 is 46.4 Å². The lowest BCUT2D eigenvalue weighted by molar-refractivity contribution is 0.102. The zero-order chi connectivity index (χ0) is 16.4. The molecule has 0 bridgehead atoms. The monoisotopic (exact) mass is 364 g/mol. The summed E-state index contributed by atoms with van der Waals surface area (Å²) < 4.78 is 1.96. The predicted molar refractivity (Wildman–Crippen MR) is 95.2 cm³/mol. The molecular formula is C17H11Cl3N2O. The van der Waals surface area contributed by atoms with E-state index in [-0.39, 0.29) is 5.91 Å². The third-order valence-electron chi connectivity index (χ3n) is 3.29. The second kappa shape index (κ2) is 6.67. The molecule has 3 nitrogen and oxygen atoms in total. The van der Waals surface area contributed by atoms with Crippen LogP contribution in [0, 0.1) is 0 Å². The molecule has 0 unspecified atom stereocenters. The standard InChI is InChI=1S/C17H11Cl3N2O/c18-13-9-15(20)16(10-14(13)19)21-17(23)11-3-5-12(6-4-11)22-7-1-2-8-22/h1-10H,(H,21,23). The van der Waals surface area contributed by atoms with E-state index in [1.165, 1.54) is 12.1 Å². The molecule has 0 fully saturated rings. The van der Waals surface area contributed by atoms with Crippen LogP contribution < -0.4 is 5.32 Å². The van der Waals surface area contributed by atoms with Gasteiger partial charge in [-0.15, -0.1) is 0 Å². The minimum absolute atomic E-state index is 0.274. The fraction of sp³-hybridized carbons (Fsp3) is 0. The van der Waals surface area contributed by atoms with Crippen LogP contribution >= 0.6 is 34.8 Å². The van der Waals surface area contributed by atoms with E-state index >= 15 is 0 Å². The molecule has 116 valence electrons. The van der Waals surface area contributed by atoms with Gasteiger partial charge in [0.15, 0.2) is 0 Å². The average molecular weight is 366 g/mol. The van der Waals surface area contributed by atoms with Crippen molar-refractivity contribution < 1.29 is 4.79 Å². The Labute approximate surface area is 148 Å². The van der Waals surface area contributed by atoms with E-state index in [4.69, 9.17) is 34.8 Å². The van der Waals surface area contributed by atoms with Gasteiger partial charge in [-0.1, -0.05) is 34.8 Å². The molecule has 0 spiro atoms. The highest BCUT2D eigenvalue weighted by Gasteiger charge is 2.11. The van der Waals surface area contributed by atoms with Gasteiger partial charge in [0.1, 0.15) is 0 Å². The molecule has 1 heterocycles. The highest BCUT2D eigenvalue weighted by Crippen LogP contribution is 2.32. The van der Waals surface area contributed by atoms with Crippen LogP contribution in [-0.4, -0.2) is 10.5 Å². The van der Waals surface area contributed by atoms with Crippen molar-refractivity contribution in [3.05, 3.63) is 81.6 Å². The summed E-state index contributed by atoms with van der Waals surface area (Å²) in [7, 11) is 0. The van der Waals surface area contributed by atoms with Crippen LogP contribution in [0.15, 0.2) is 60.9 Å². The number of benzene rings is 2. The molecule has 0 atom stereocenters. The number of anilines is 1. The topological polar surface area (TPSA) is 34.0 Å². The zero-order valence-corrected chi connectivity index (χ0v) is 14.0. The van der Waals surface area contributed by atoms with Crippen LogP contribution in [0.1, 0.15) is 10.4 Å². The lowest BCUT2D eigenvalue weighted by atomic mass is 10.2. The number of hydrogen-bond acceptors (Lipinski definition) is 1. The lowest BCUT2D eigenvalue weighted by Crippen LogP contribution is -2.12. The van der Waals surface area contributed by atoms with Crippen molar-refractivity contribution in [2.75, 3.05) is 5.32 Å². The zero-order valence-electron chi connectivity index (χ0n) is 11.8. The van der Waals surface area contributed by atoms with E-state index in [1.54, 1.807) is 12.1 Å². The molecule has 0 aliphatic rings. The van der Waals surface area contributed by atoms with Crippen molar-refractivity contribution in [3.63, 3.8) is 0 Å². The summed E-state index contributed by atoms with van der Waals surface area (Å²) >= 11 is 17.9. The van der Waals surface area contributed by atoms with Crippen molar-refractivity contribution in [1.29, 1.82) is 0 Å². The van der Waals surface area contributed by atoms with Crippen LogP contribution in [0.2, 0.25) is 15.1 Å². The SMILES string of the molecule is O=C(Nc1cc(Cl)c(Cl)cc1Cl)c1ccc(-n2cccc2)cc1. The number of halogens is 3. The third kappa shape index (κ3) is 3.53. The molecule has 0 saturated carbocycles. The summed E-state index contributed by atoms with van der Waals surface area (Å²) in [5.41, 5.74) is 1.91. The largest absolute Gasteiger partial charge is 0.324 e. The van der Waals surface area contributed by atoms with E-state index < -0.39 is 0 Å². The smallest absolute Gasteiger partial charge is 0.255 e. The van der Waals surface area contributed by atoms with E-state index in [0.29, 0.717) is 26.3 Å². The van der Waals surface area contributed by atoms with Crippen LogP contribution in [0.4, 0.5) is 5.69 Å². The number of hydrogen-bond donors (Lipinski definition) is 1. The lowest BCUT2D eigenvalue weighted by Gasteiger charge is -2.09. The number of carbonyl (C=O) groups is 1. The number of nitrogens with zero attached hydrogens (tertiary/aromatic N) is 1. The van der Waals surface area contributed by atoms with E-state index in [2.05, 4.69) is 5.32 Å². The summed E-state index contributed by atoms with van der Waals surface area (Å²) in [5, 5.41) is 3.73. The van der Waals surface area contributed by atoms with Gasteiger partial charge in [0.25, 0.3) is 5.91 Å². The molecule has 0 aliphatic heterocycles. The summed E-state index contributed by atoms with van der Waals surface area (Å²) in [5.74, 6) is -0.274. The number of rotatable bonds is 3. The Balaban J connectivity index is 1.80. The first-order chi connectivity index (χ1) is 11.0. The Bertz CT molecular complexity index is 843. The molecule has 2 aromatic carbocycles. The molecule has 23 heavy (non-hydrogen) atoms. The Kier molecular flexibility index (Phi) is 4.62. The van der Waals surface area contributed by atoms with E-state index in [0.717, 1.165) is 5.69 Å². The Morgan fingerprint density at radius 3 is 2.13 bits per heavy atom. The van der Waals surface area contributed by atoms with Crippen molar-refractivity contribution in [3.8, 4) is 5.69 Å². The van der Waals surface area contributed by atoms with Crippen LogP contribution in [0.5, 0.6) is 0 Å². The van der Waals surface area contributed by atoms with Crippen molar-refractivity contribution in [2.45, 2.75) is 0 Å². The van der Waals surface area contributed by atoms with Gasteiger partial charge in [0, 0.05) is 23.6 Å². The molecular weight excluding hydrogens is 355 g/mol. The fourth-order valence-electron chi connectivity index (χ4n) is 2.10. The summed E-state index contributed by atoms with van der Waals surface area (Å²) in [6, 6.07) is 14.1. The van der Waals surface area contributed by atoms with Crippen LogP contribution in [0.25, 0.3) is 5.69 Å². The maximum Gasteiger partial charge on any atom is 0.255 e. The number of amides is 1. The van der Waals surface area contributed by atoms with Gasteiger partial charge < -0.3 is 9.88 Å². The molecule has 0 saturated heterocycles. The first kappa shape index (κ1) is 15.9. The van der Waals surface area contributed by atoms with Crippen molar-refractivity contribution in [1.82, 2.24) is 4.57 Å². The highest BCUT2D eigenvalue weighted by molar-refractivity contribution is 6.44. The molecule has 1 aromatic heterocycles.